The molecule has 1 aromatic carbocycles. The van der Waals surface area contributed by atoms with Crippen LogP contribution in [0.15, 0.2) is 53.7 Å². The van der Waals surface area contributed by atoms with E-state index in [1.807, 2.05) is 37.3 Å². The summed E-state index contributed by atoms with van der Waals surface area (Å²) in [6.07, 6.45) is 3.37. The van der Waals surface area contributed by atoms with Crippen LogP contribution in [-0.4, -0.2) is 14.5 Å². The lowest BCUT2D eigenvalue weighted by molar-refractivity contribution is 0.749. The molecule has 0 N–H and O–H groups in total. The van der Waals surface area contributed by atoms with Crippen LogP contribution in [0.5, 0.6) is 0 Å². The molecule has 0 bridgehead atoms. The Balaban J connectivity index is 1.87. The van der Waals surface area contributed by atoms with Gasteiger partial charge in [0.2, 0.25) is 0 Å². The van der Waals surface area contributed by atoms with Crippen molar-refractivity contribution in [2.75, 3.05) is 0 Å². The molecule has 22 heavy (non-hydrogen) atoms. The normalized spacial score (nSPS) is 11.3. The number of aromatic nitrogens is 3. The fourth-order valence-corrected chi connectivity index (χ4v) is 3.67. The van der Waals surface area contributed by atoms with Gasteiger partial charge >= 0.3 is 0 Å². The minimum absolute atomic E-state index is 0.00509. The summed E-state index contributed by atoms with van der Waals surface area (Å²) in [6.45, 7) is 2.58. The van der Waals surface area contributed by atoms with Crippen LogP contribution < -0.4 is 5.56 Å². The predicted octanol–water partition coefficient (Wildman–Crippen LogP) is 3.36. The molecule has 0 spiro atoms. The van der Waals surface area contributed by atoms with E-state index in [-0.39, 0.29) is 5.56 Å². The minimum atomic E-state index is -0.00509. The van der Waals surface area contributed by atoms with E-state index in [4.69, 9.17) is 0 Å². The van der Waals surface area contributed by atoms with Gasteiger partial charge in [-0.15, -0.1) is 11.3 Å². The van der Waals surface area contributed by atoms with Crippen molar-refractivity contribution in [1.82, 2.24) is 14.5 Å². The molecule has 0 unspecified atom stereocenters. The molecule has 5 heteroatoms. The molecule has 0 aliphatic carbocycles. The summed E-state index contributed by atoms with van der Waals surface area (Å²) < 4.78 is 2.33. The van der Waals surface area contributed by atoms with E-state index in [2.05, 4.69) is 16.0 Å². The third-order valence-corrected chi connectivity index (χ3v) is 4.75. The van der Waals surface area contributed by atoms with Gasteiger partial charge in [0.05, 0.1) is 18.4 Å². The van der Waals surface area contributed by atoms with Gasteiger partial charge in [0.1, 0.15) is 9.53 Å². The van der Waals surface area contributed by atoms with Crippen molar-refractivity contribution in [1.29, 1.82) is 0 Å². The SMILES string of the molecule is Cc1cccc(Cn2cnc3c(sc4ncccc43)c2=O)c1. The number of benzene rings is 1. The predicted molar refractivity (Wildman–Crippen MR) is 89.5 cm³/mol. The van der Waals surface area contributed by atoms with Crippen molar-refractivity contribution < 1.29 is 0 Å². The van der Waals surface area contributed by atoms with Crippen molar-refractivity contribution in [2.45, 2.75) is 13.5 Å². The van der Waals surface area contributed by atoms with E-state index in [1.165, 1.54) is 16.9 Å². The Hall–Kier alpha value is -2.53. The molecule has 4 nitrogen and oxygen atoms in total. The number of hydrogen-bond acceptors (Lipinski definition) is 4. The van der Waals surface area contributed by atoms with Gasteiger partial charge in [-0.2, -0.15) is 0 Å². The van der Waals surface area contributed by atoms with Gasteiger partial charge in [0.25, 0.3) is 5.56 Å². The first-order valence-corrected chi connectivity index (χ1v) is 7.82. The van der Waals surface area contributed by atoms with Gasteiger partial charge in [-0.1, -0.05) is 29.8 Å². The summed E-state index contributed by atoms with van der Waals surface area (Å²) >= 11 is 1.41. The fourth-order valence-electron chi connectivity index (χ4n) is 2.62. The standard InChI is InChI=1S/C17H13N3OS/c1-11-4-2-5-12(8-11)9-20-10-19-14-13-6-3-7-18-16(13)22-15(14)17(20)21/h2-8,10H,9H2,1H3. The van der Waals surface area contributed by atoms with E-state index in [1.54, 1.807) is 17.1 Å². The van der Waals surface area contributed by atoms with Crippen molar-refractivity contribution in [2.24, 2.45) is 0 Å². The smallest absolute Gasteiger partial charge is 0.271 e. The van der Waals surface area contributed by atoms with E-state index in [9.17, 15) is 4.79 Å². The van der Waals surface area contributed by atoms with Crippen molar-refractivity contribution in [3.63, 3.8) is 0 Å². The first-order chi connectivity index (χ1) is 10.7. The molecular weight excluding hydrogens is 294 g/mol. The molecule has 0 atom stereocenters. The quantitative estimate of drug-likeness (QED) is 0.570. The van der Waals surface area contributed by atoms with E-state index in [0.717, 1.165) is 21.3 Å². The minimum Gasteiger partial charge on any atom is -0.294 e. The lowest BCUT2D eigenvalue weighted by Gasteiger charge is -2.06. The molecule has 0 radical (unpaired) electrons. The van der Waals surface area contributed by atoms with E-state index in [0.29, 0.717) is 11.2 Å². The van der Waals surface area contributed by atoms with Crippen LogP contribution in [0.3, 0.4) is 0 Å². The number of pyridine rings is 1. The zero-order valence-corrected chi connectivity index (χ0v) is 12.8. The number of hydrogen-bond donors (Lipinski definition) is 0. The summed E-state index contributed by atoms with van der Waals surface area (Å²) in [7, 11) is 0. The molecule has 108 valence electrons. The maximum absolute atomic E-state index is 12.7. The van der Waals surface area contributed by atoms with Gasteiger partial charge in [-0.05, 0) is 24.6 Å². The maximum atomic E-state index is 12.7. The monoisotopic (exact) mass is 307 g/mol. The largest absolute Gasteiger partial charge is 0.294 e. The van der Waals surface area contributed by atoms with E-state index < -0.39 is 0 Å². The highest BCUT2D eigenvalue weighted by molar-refractivity contribution is 7.25. The highest BCUT2D eigenvalue weighted by Crippen LogP contribution is 2.28. The maximum Gasteiger partial charge on any atom is 0.271 e. The molecular formula is C17H13N3OS. The fraction of sp³-hybridized carbons (Fsp3) is 0.118. The number of rotatable bonds is 2. The van der Waals surface area contributed by atoms with Gasteiger partial charge in [-0.3, -0.25) is 9.36 Å². The first kappa shape index (κ1) is 13.2. The molecule has 0 aliphatic heterocycles. The second-order valence-corrected chi connectivity index (χ2v) is 6.30. The van der Waals surface area contributed by atoms with Gasteiger partial charge in [-0.25, -0.2) is 9.97 Å². The third kappa shape index (κ3) is 2.10. The Morgan fingerprint density at radius 1 is 1.18 bits per heavy atom. The number of nitrogens with zero attached hydrogens (tertiary/aromatic N) is 3. The summed E-state index contributed by atoms with van der Waals surface area (Å²) in [4.78, 5) is 22.3. The average Bonchev–Trinajstić information content (AvgIpc) is 2.90. The Morgan fingerprint density at radius 3 is 2.95 bits per heavy atom. The Kier molecular flexibility index (Phi) is 3.01. The highest BCUT2D eigenvalue weighted by atomic mass is 32.1. The molecule has 0 saturated carbocycles. The number of aryl methyl sites for hydroxylation is 1. The van der Waals surface area contributed by atoms with Crippen LogP contribution >= 0.6 is 11.3 Å². The molecule has 4 aromatic rings. The van der Waals surface area contributed by atoms with Gasteiger partial charge in [0, 0.05) is 11.6 Å². The van der Waals surface area contributed by atoms with E-state index >= 15 is 0 Å². The summed E-state index contributed by atoms with van der Waals surface area (Å²) in [5.41, 5.74) is 3.03. The number of thiophene rings is 1. The zero-order valence-electron chi connectivity index (χ0n) is 12.0. The average molecular weight is 307 g/mol. The van der Waals surface area contributed by atoms with Crippen molar-refractivity contribution in [3.05, 3.63) is 70.4 Å². The third-order valence-electron chi connectivity index (χ3n) is 3.66. The molecule has 0 aliphatic rings. The molecule has 0 saturated heterocycles. The van der Waals surface area contributed by atoms with Crippen LogP contribution in [0.25, 0.3) is 20.4 Å². The van der Waals surface area contributed by atoms with Gasteiger partial charge in [0.15, 0.2) is 0 Å². The molecule has 3 heterocycles. The van der Waals surface area contributed by atoms with Crippen LogP contribution in [0.2, 0.25) is 0 Å². The lowest BCUT2D eigenvalue weighted by Crippen LogP contribution is -2.20. The van der Waals surface area contributed by atoms with Crippen LogP contribution in [0, 0.1) is 6.92 Å². The highest BCUT2D eigenvalue weighted by Gasteiger charge is 2.12. The lowest BCUT2D eigenvalue weighted by atomic mass is 10.1. The molecule has 0 amide bonds. The Morgan fingerprint density at radius 2 is 2.09 bits per heavy atom. The second kappa shape index (κ2) is 5.03. The van der Waals surface area contributed by atoms with Crippen LogP contribution in [0.4, 0.5) is 0 Å². The van der Waals surface area contributed by atoms with Crippen LogP contribution in [0.1, 0.15) is 11.1 Å². The molecule has 4 rings (SSSR count). The first-order valence-electron chi connectivity index (χ1n) is 7.00. The number of fused-ring (bicyclic) bond motifs is 3. The van der Waals surface area contributed by atoms with Crippen LogP contribution in [-0.2, 0) is 6.54 Å². The van der Waals surface area contributed by atoms with Gasteiger partial charge < -0.3 is 0 Å². The Bertz CT molecular complexity index is 1050. The zero-order chi connectivity index (χ0) is 15.1. The molecule has 0 fully saturated rings. The summed E-state index contributed by atoms with van der Waals surface area (Å²) in [5, 5.41) is 0.947. The Labute approximate surface area is 130 Å². The summed E-state index contributed by atoms with van der Waals surface area (Å²) in [5.74, 6) is 0. The van der Waals surface area contributed by atoms with Crippen molar-refractivity contribution >= 4 is 31.8 Å². The second-order valence-electron chi connectivity index (χ2n) is 5.30. The topological polar surface area (TPSA) is 47.8 Å². The summed E-state index contributed by atoms with van der Waals surface area (Å²) in [6, 6.07) is 12.0. The molecule has 3 aromatic heterocycles. The van der Waals surface area contributed by atoms with Crippen molar-refractivity contribution in [3.8, 4) is 0 Å².